The molecular weight excluding hydrogens is 270 g/mol. The molecule has 0 saturated carbocycles. The zero-order chi connectivity index (χ0) is 11.7. The van der Waals surface area contributed by atoms with Crippen molar-refractivity contribution in [3.05, 3.63) is 20.5 Å². The first-order chi connectivity index (χ1) is 6.86. The van der Waals surface area contributed by atoms with E-state index in [1.54, 1.807) is 0 Å². The van der Waals surface area contributed by atoms with E-state index in [0.29, 0.717) is 0 Å². The molecule has 7 nitrogen and oxygen atoms in total. The molecule has 0 saturated heterocycles. The summed E-state index contributed by atoms with van der Waals surface area (Å²) in [5.41, 5.74) is 0. The van der Waals surface area contributed by atoms with E-state index in [2.05, 4.69) is 20.9 Å². The van der Waals surface area contributed by atoms with Gasteiger partial charge in [-0.05, 0) is 32.8 Å². The molecule has 1 heterocycles. The van der Waals surface area contributed by atoms with Gasteiger partial charge in [-0.1, -0.05) is 0 Å². The summed E-state index contributed by atoms with van der Waals surface area (Å²) >= 11 is 2.97. The van der Waals surface area contributed by atoms with Crippen molar-refractivity contribution in [1.29, 1.82) is 0 Å². The number of imidazole rings is 1. The molecule has 0 radical (unpaired) electrons. The van der Waals surface area contributed by atoms with Crippen LogP contribution in [-0.4, -0.2) is 25.6 Å². The molecule has 0 spiro atoms. The fourth-order valence-electron chi connectivity index (χ4n) is 1.18. The van der Waals surface area contributed by atoms with E-state index in [-0.39, 0.29) is 16.2 Å². The first-order valence-electron chi connectivity index (χ1n) is 3.97. The lowest BCUT2D eigenvalue weighted by Crippen LogP contribution is -2.17. The van der Waals surface area contributed by atoms with Crippen molar-refractivity contribution in [2.75, 3.05) is 0 Å². The summed E-state index contributed by atoms with van der Waals surface area (Å²) in [5.74, 6) is -1.17. The molecule has 8 heteroatoms. The Balaban J connectivity index is 3.31. The fraction of sp³-hybridized carbons (Fsp3) is 0.429. The van der Waals surface area contributed by atoms with Crippen LogP contribution in [0, 0.1) is 17.0 Å². The van der Waals surface area contributed by atoms with E-state index in [0.717, 1.165) is 0 Å². The smallest absolute Gasteiger partial charge is 0.396 e. The van der Waals surface area contributed by atoms with Crippen molar-refractivity contribution in [2.24, 2.45) is 0 Å². The van der Waals surface area contributed by atoms with E-state index < -0.39 is 16.9 Å². The van der Waals surface area contributed by atoms with Crippen molar-refractivity contribution in [3.8, 4) is 0 Å². The second-order valence-electron chi connectivity index (χ2n) is 2.91. The van der Waals surface area contributed by atoms with Gasteiger partial charge in [-0.25, -0.2) is 4.79 Å². The van der Waals surface area contributed by atoms with Gasteiger partial charge in [0.05, 0.1) is 0 Å². The average Bonchev–Trinajstić information content (AvgIpc) is 2.41. The minimum atomic E-state index is -1.08. The molecule has 1 N–H and O–H groups in total. The fourth-order valence-corrected chi connectivity index (χ4v) is 1.98. The minimum Gasteiger partial charge on any atom is -0.480 e. The van der Waals surface area contributed by atoms with Crippen LogP contribution >= 0.6 is 15.9 Å². The van der Waals surface area contributed by atoms with E-state index in [4.69, 9.17) is 5.11 Å². The summed E-state index contributed by atoms with van der Waals surface area (Å²) < 4.78 is 1.32. The van der Waals surface area contributed by atoms with Gasteiger partial charge < -0.3 is 15.2 Å². The molecule has 0 aliphatic heterocycles. The number of rotatable bonds is 3. The van der Waals surface area contributed by atoms with Gasteiger partial charge in [0.2, 0.25) is 5.82 Å². The zero-order valence-electron chi connectivity index (χ0n) is 7.97. The third-order valence-corrected chi connectivity index (χ3v) is 2.67. The predicted molar refractivity (Wildman–Crippen MR) is 53.7 cm³/mol. The van der Waals surface area contributed by atoms with Crippen molar-refractivity contribution < 1.29 is 14.8 Å². The number of aliphatic carboxylic acids is 1. The van der Waals surface area contributed by atoms with Gasteiger partial charge >= 0.3 is 11.8 Å². The highest BCUT2D eigenvalue weighted by Crippen LogP contribution is 2.28. The van der Waals surface area contributed by atoms with Gasteiger partial charge in [-0.15, -0.1) is 0 Å². The van der Waals surface area contributed by atoms with Crippen LogP contribution < -0.4 is 0 Å². The summed E-state index contributed by atoms with van der Waals surface area (Å²) in [7, 11) is 0. The van der Waals surface area contributed by atoms with E-state index in [9.17, 15) is 14.9 Å². The molecule has 1 rings (SSSR count). The standard InChI is InChI=1S/C7H8BrN3O4/c1-3(7(12)13)10-4(2)9-6(5(10)8)11(14)15/h3H,1-2H3,(H,12,13). The third kappa shape index (κ3) is 1.99. The predicted octanol–water partition coefficient (Wildman–Crippen LogP) is 1.51. The number of carboxylic acids is 1. The summed E-state index contributed by atoms with van der Waals surface area (Å²) in [4.78, 5) is 24.3. The SMILES string of the molecule is Cc1nc([N+](=O)[O-])c(Br)n1C(C)C(=O)O. The van der Waals surface area contributed by atoms with Gasteiger partial charge in [0, 0.05) is 6.92 Å². The highest BCUT2D eigenvalue weighted by Gasteiger charge is 2.28. The molecule has 0 bridgehead atoms. The molecule has 0 aliphatic carbocycles. The molecule has 0 amide bonds. The molecule has 0 fully saturated rings. The van der Waals surface area contributed by atoms with Crippen LogP contribution in [0.15, 0.2) is 4.60 Å². The Morgan fingerprint density at radius 1 is 1.73 bits per heavy atom. The van der Waals surface area contributed by atoms with Gasteiger partial charge in [0.1, 0.15) is 6.04 Å². The second kappa shape index (κ2) is 3.97. The molecule has 15 heavy (non-hydrogen) atoms. The number of nitrogens with zero attached hydrogens (tertiary/aromatic N) is 3. The highest BCUT2D eigenvalue weighted by atomic mass is 79.9. The van der Waals surface area contributed by atoms with Crippen molar-refractivity contribution in [1.82, 2.24) is 9.55 Å². The molecule has 1 aromatic heterocycles. The lowest BCUT2D eigenvalue weighted by molar-refractivity contribution is -0.390. The Labute approximate surface area is 93.0 Å². The summed E-state index contributed by atoms with van der Waals surface area (Å²) in [6, 6.07) is -0.902. The van der Waals surface area contributed by atoms with Gasteiger partial charge in [-0.2, -0.15) is 0 Å². The van der Waals surface area contributed by atoms with Crippen LogP contribution in [-0.2, 0) is 4.79 Å². The maximum atomic E-state index is 10.7. The number of carboxylic acid groups (broad SMARTS) is 1. The number of nitro groups is 1. The van der Waals surface area contributed by atoms with Gasteiger partial charge in [0.15, 0.2) is 4.60 Å². The Kier molecular flexibility index (Phi) is 3.08. The maximum Gasteiger partial charge on any atom is 0.396 e. The van der Waals surface area contributed by atoms with Crippen LogP contribution in [0.3, 0.4) is 0 Å². The van der Waals surface area contributed by atoms with Crippen LogP contribution in [0.25, 0.3) is 0 Å². The molecule has 1 atom stereocenters. The van der Waals surface area contributed by atoms with Crippen LogP contribution in [0.2, 0.25) is 0 Å². The topological polar surface area (TPSA) is 98.3 Å². The molecule has 1 aromatic rings. The maximum absolute atomic E-state index is 10.7. The van der Waals surface area contributed by atoms with Crippen LogP contribution in [0.4, 0.5) is 5.82 Å². The van der Waals surface area contributed by atoms with E-state index in [1.165, 1.54) is 18.4 Å². The van der Waals surface area contributed by atoms with Crippen molar-refractivity contribution >= 4 is 27.7 Å². The Morgan fingerprint density at radius 3 is 2.60 bits per heavy atom. The van der Waals surface area contributed by atoms with Crippen molar-refractivity contribution in [3.63, 3.8) is 0 Å². The van der Waals surface area contributed by atoms with E-state index in [1.807, 2.05) is 0 Å². The molecule has 1 unspecified atom stereocenters. The summed E-state index contributed by atoms with van der Waals surface area (Å²) in [6.07, 6.45) is 0. The first-order valence-corrected chi connectivity index (χ1v) is 4.77. The van der Waals surface area contributed by atoms with Crippen molar-refractivity contribution in [2.45, 2.75) is 19.9 Å². The van der Waals surface area contributed by atoms with Crippen LogP contribution in [0.1, 0.15) is 18.8 Å². The number of aryl methyl sites for hydroxylation is 1. The first kappa shape index (κ1) is 11.6. The largest absolute Gasteiger partial charge is 0.480 e. The quantitative estimate of drug-likeness (QED) is 0.667. The normalized spacial score (nSPS) is 12.5. The molecule has 0 aromatic carbocycles. The molecule has 82 valence electrons. The zero-order valence-corrected chi connectivity index (χ0v) is 9.55. The lowest BCUT2D eigenvalue weighted by atomic mass is 10.3. The number of hydrogen-bond acceptors (Lipinski definition) is 4. The number of hydrogen-bond donors (Lipinski definition) is 1. The highest BCUT2D eigenvalue weighted by molar-refractivity contribution is 9.10. The lowest BCUT2D eigenvalue weighted by Gasteiger charge is -2.08. The molecule has 0 aliphatic rings. The summed E-state index contributed by atoms with van der Waals surface area (Å²) in [6.45, 7) is 2.93. The van der Waals surface area contributed by atoms with Crippen LogP contribution in [0.5, 0.6) is 0 Å². The number of aromatic nitrogens is 2. The third-order valence-electron chi connectivity index (χ3n) is 1.93. The Hall–Kier alpha value is -1.44. The minimum absolute atomic E-state index is 0.0694. The van der Waals surface area contributed by atoms with E-state index >= 15 is 0 Å². The summed E-state index contributed by atoms with van der Waals surface area (Å²) in [5, 5.41) is 19.3. The average molecular weight is 278 g/mol. The van der Waals surface area contributed by atoms with Gasteiger partial charge in [0.25, 0.3) is 0 Å². The number of carbonyl (C=O) groups is 1. The molecular formula is C7H8BrN3O4. The number of halogens is 1. The Morgan fingerprint density at radius 2 is 2.27 bits per heavy atom. The second-order valence-corrected chi connectivity index (χ2v) is 3.67. The monoisotopic (exact) mass is 277 g/mol. The van der Waals surface area contributed by atoms with Gasteiger partial charge in [-0.3, -0.25) is 4.57 Å². The Bertz CT molecular complexity index is 428.